The summed E-state index contributed by atoms with van der Waals surface area (Å²) in [5, 5.41) is 3.89. The van der Waals surface area contributed by atoms with Crippen LogP contribution in [0.1, 0.15) is 28.6 Å². The summed E-state index contributed by atoms with van der Waals surface area (Å²) in [5.41, 5.74) is 3.38. The topological polar surface area (TPSA) is 99.4 Å². The Labute approximate surface area is 144 Å². The van der Waals surface area contributed by atoms with Gasteiger partial charge >= 0.3 is 5.97 Å². The summed E-state index contributed by atoms with van der Waals surface area (Å²) in [4.78, 5) is 23.2. The Morgan fingerprint density at radius 1 is 1.20 bits per heavy atom. The number of amides is 1. The van der Waals surface area contributed by atoms with Gasteiger partial charge < -0.3 is 18.6 Å². The van der Waals surface area contributed by atoms with Crippen LogP contribution in [0.15, 0.2) is 34.0 Å². The first-order valence-corrected chi connectivity index (χ1v) is 7.28. The molecule has 1 heterocycles. The zero-order valence-corrected chi connectivity index (χ0v) is 14.3. The van der Waals surface area contributed by atoms with E-state index in [-0.39, 0.29) is 5.75 Å². The van der Waals surface area contributed by atoms with Crippen LogP contribution in [0.3, 0.4) is 0 Å². The molecule has 0 bridgehead atoms. The van der Waals surface area contributed by atoms with Crippen molar-refractivity contribution in [1.29, 1.82) is 0 Å². The van der Waals surface area contributed by atoms with E-state index >= 15 is 0 Å². The fraction of sp³-hybridized carbons (Fsp3) is 0.235. The van der Waals surface area contributed by atoms with Crippen molar-refractivity contribution in [2.75, 3.05) is 14.2 Å². The standard InChI is InChI=1S/C17H18N2O6/c1-10-13(5-6-24-10)17(21)19-18-9-12-7-14(22-3)16(25-11(2)20)15(8-12)23-4/h5-9H,1-4H3,(H,19,21). The van der Waals surface area contributed by atoms with Gasteiger partial charge in [-0.2, -0.15) is 5.10 Å². The van der Waals surface area contributed by atoms with E-state index in [1.807, 2.05) is 0 Å². The Balaban J connectivity index is 2.20. The average molecular weight is 346 g/mol. The molecule has 1 amide bonds. The number of esters is 1. The van der Waals surface area contributed by atoms with Crippen LogP contribution in [0.2, 0.25) is 0 Å². The van der Waals surface area contributed by atoms with Crippen molar-refractivity contribution in [3.05, 3.63) is 41.3 Å². The summed E-state index contributed by atoms with van der Waals surface area (Å²) in [6, 6.07) is 4.75. The van der Waals surface area contributed by atoms with Crippen LogP contribution in [-0.4, -0.2) is 32.3 Å². The van der Waals surface area contributed by atoms with Crippen molar-refractivity contribution >= 4 is 18.1 Å². The molecule has 8 heteroatoms. The van der Waals surface area contributed by atoms with Crippen LogP contribution >= 0.6 is 0 Å². The molecular weight excluding hydrogens is 328 g/mol. The molecule has 0 aliphatic rings. The number of furan rings is 1. The van der Waals surface area contributed by atoms with E-state index in [2.05, 4.69) is 10.5 Å². The predicted octanol–water partition coefficient (Wildman–Crippen LogP) is 2.29. The molecule has 25 heavy (non-hydrogen) atoms. The van der Waals surface area contributed by atoms with Crippen LogP contribution in [0.4, 0.5) is 0 Å². The molecule has 0 unspecified atom stereocenters. The van der Waals surface area contributed by atoms with E-state index < -0.39 is 11.9 Å². The van der Waals surface area contributed by atoms with Crippen molar-refractivity contribution in [3.63, 3.8) is 0 Å². The summed E-state index contributed by atoms with van der Waals surface area (Å²) in [6.07, 6.45) is 2.84. The Hall–Kier alpha value is -3.29. The fourth-order valence-electron chi connectivity index (χ4n) is 2.07. The Morgan fingerprint density at radius 2 is 1.84 bits per heavy atom. The highest BCUT2D eigenvalue weighted by atomic mass is 16.6. The second-order valence-electron chi connectivity index (χ2n) is 4.94. The summed E-state index contributed by atoms with van der Waals surface area (Å²) >= 11 is 0. The number of carbonyl (C=O) groups excluding carboxylic acids is 2. The number of hydrazone groups is 1. The molecule has 0 radical (unpaired) electrons. The van der Waals surface area contributed by atoms with Gasteiger partial charge in [0.1, 0.15) is 5.76 Å². The summed E-state index contributed by atoms with van der Waals surface area (Å²) in [6.45, 7) is 2.96. The van der Waals surface area contributed by atoms with Crippen LogP contribution in [-0.2, 0) is 4.79 Å². The molecule has 1 aromatic heterocycles. The number of carbonyl (C=O) groups is 2. The molecule has 8 nitrogen and oxygen atoms in total. The third-order valence-electron chi connectivity index (χ3n) is 3.21. The monoisotopic (exact) mass is 346 g/mol. The molecule has 1 N–H and O–H groups in total. The van der Waals surface area contributed by atoms with E-state index in [0.717, 1.165) is 0 Å². The first kappa shape index (κ1) is 18.1. The highest BCUT2D eigenvalue weighted by molar-refractivity contribution is 5.95. The van der Waals surface area contributed by atoms with Crippen molar-refractivity contribution in [2.45, 2.75) is 13.8 Å². The van der Waals surface area contributed by atoms with Gasteiger partial charge in [0.25, 0.3) is 5.91 Å². The lowest BCUT2D eigenvalue weighted by atomic mass is 10.2. The summed E-state index contributed by atoms with van der Waals surface area (Å²) in [5.74, 6) is 0.384. The molecule has 0 saturated heterocycles. The molecular formula is C17H18N2O6. The number of ether oxygens (including phenoxy) is 3. The van der Waals surface area contributed by atoms with Crippen molar-refractivity contribution in [2.24, 2.45) is 5.10 Å². The second kappa shape index (κ2) is 8.00. The van der Waals surface area contributed by atoms with Gasteiger partial charge in [0.05, 0.1) is 32.3 Å². The molecule has 0 aliphatic heterocycles. The molecule has 1 aromatic carbocycles. The van der Waals surface area contributed by atoms with Gasteiger partial charge in [0.15, 0.2) is 11.5 Å². The zero-order chi connectivity index (χ0) is 18.4. The smallest absolute Gasteiger partial charge is 0.308 e. The van der Waals surface area contributed by atoms with Crippen LogP contribution in [0.25, 0.3) is 0 Å². The van der Waals surface area contributed by atoms with Gasteiger partial charge in [-0.05, 0) is 25.1 Å². The average Bonchev–Trinajstić information content (AvgIpc) is 3.01. The molecule has 0 aliphatic carbocycles. The van der Waals surface area contributed by atoms with Crippen LogP contribution in [0.5, 0.6) is 17.2 Å². The number of nitrogens with one attached hydrogen (secondary N) is 1. The SMILES string of the molecule is COc1cc(C=NNC(=O)c2ccoc2C)cc(OC)c1OC(C)=O. The lowest BCUT2D eigenvalue weighted by Crippen LogP contribution is -2.17. The highest BCUT2D eigenvalue weighted by Crippen LogP contribution is 2.38. The first-order chi connectivity index (χ1) is 12.0. The van der Waals surface area contributed by atoms with Crippen LogP contribution in [0, 0.1) is 6.92 Å². The number of hydrogen-bond acceptors (Lipinski definition) is 7. The molecule has 2 aromatic rings. The van der Waals surface area contributed by atoms with Gasteiger partial charge in [-0.15, -0.1) is 0 Å². The lowest BCUT2D eigenvalue weighted by molar-refractivity contribution is -0.132. The molecule has 0 saturated carbocycles. The maximum absolute atomic E-state index is 11.9. The van der Waals surface area contributed by atoms with Crippen molar-refractivity contribution in [1.82, 2.24) is 5.43 Å². The Bertz CT molecular complexity index is 784. The number of nitrogens with zero attached hydrogens (tertiary/aromatic N) is 1. The predicted molar refractivity (Wildman–Crippen MR) is 89.4 cm³/mol. The van der Waals surface area contributed by atoms with E-state index in [1.165, 1.54) is 33.6 Å². The number of aryl methyl sites for hydroxylation is 1. The van der Waals surface area contributed by atoms with Gasteiger partial charge in [-0.25, -0.2) is 5.43 Å². The fourth-order valence-corrected chi connectivity index (χ4v) is 2.07. The number of hydrogen-bond donors (Lipinski definition) is 1. The third-order valence-corrected chi connectivity index (χ3v) is 3.21. The molecule has 132 valence electrons. The third kappa shape index (κ3) is 4.37. The molecule has 2 rings (SSSR count). The van der Waals surface area contributed by atoms with E-state index in [0.29, 0.717) is 28.4 Å². The van der Waals surface area contributed by atoms with Crippen LogP contribution < -0.4 is 19.6 Å². The van der Waals surface area contributed by atoms with E-state index in [4.69, 9.17) is 18.6 Å². The largest absolute Gasteiger partial charge is 0.493 e. The first-order valence-electron chi connectivity index (χ1n) is 7.28. The maximum Gasteiger partial charge on any atom is 0.308 e. The number of rotatable bonds is 6. The minimum Gasteiger partial charge on any atom is -0.493 e. The normalized spacial score (nSPS) is 10.6. The molecule has 0 fully saturated rings. The highest BCUT2D eigenvalue weighted by Gasteiger charge is 2.16. The van der Waals surface area contributed by atoms with Crippen molar-refractivity contribution < 1.29 is 28.2 Å². The Morgan fingerprint density at radius 3 is 2.32 bits per heavy atom. The Kier molecular flexibility index (Phi) is 5.78. The van der Waals surface area contributed by atoms with E-state index in [1.54, 1.807) is 25.1 Å². The summed E-state index contributed by atoms with van der Waals surface area (Å²) in [7, 11) is 2.87. The number of benzene rings is 1. The van der Waals surface area contributed by atoms with E-state index in [9.17, 15) is 9.59 Å². The minimum atomic E-state index is -0.499. The summed E-state index contributed by atoms with van der Waals surface area (Å²) < 4.78 is 20.6. The molecule has 0 spiro atoms. The maximum atomic E-state index is 11.9. The van der Waals surface area contributed by atoms with Gasteiger partial charge in [-0.3, -0.25) is 9.59 Å². The second-order valence-corrected chi connectivity index (χ2v) is 4.94. The van der Waals surface area contributed by atoms with Gasteiger partial charge in [-0.1, -0.05) is 0 Å². The lowest BCUT2D eigenvalue weighted by Gasteiger charge is -2.13. The van der Waals surface area contributed by atoms with Crippen molar-refractivity contribution in [3.8, 4) is 17.2 Å². The zero-order valence-electron chi connectivity index (χ0n) is 14.3. The molecule has 0 atom stereocenters. The van der Waals surface area contributed by atoms with Gasteiger partial charge in [0.2, 0.25) is 5.75 Å². The van der Waals surface area contributed by atoms with Gasteiger partial charge in [0, 0.05) is 12.5 Å². The minimum absolute atomic E-state index is 0.174. The quantitative estimate of drug-likeness (QED) is 0.373. The number of methoxy groups -OCH3 is 2.